The number of benzene rings is 2. The molecule has 22 heavy (non-hydrogen) atoms. The minimum Gasteiger partial charge on any atom is -0.278 e. The van der Waals surface area contributed by atoms with Crippen LogP contribution in [0.4, 0.5) is 11.4 Å². The van der Waals surface area contributed by atoms with E-state index in [0.29, 0.717) is 0 Å². The monoisotopic (exact) mass is 340 g/mol. The summed E-state index contributed by atoms with van der Waals surface area (Å²) in [4.78, 5) is 9.98. The molecule has 0 amide bonds. The average Bonchev–Trinajstić information content (AvgIpc) is 2.41. The normalized spacial score (nSPS) is 11.2. The molecule has 0 bridgehead atoms. The molecule has 8 heteroatoms. The first-order chi connectivity index (χ1) is 10.2. The van der Waals surface area contributed by atoms with Crippen molar-refractivity contribution < 1.29 is 13.3 Å². The van der Waals surface area contributed by atoms with E-state index in [2.05, 4.69) is 4.72 Å². The van der Waals surface area contributed by atoms with Crippen molar-refractivity contribution in [3.05, 3.63) is 62.7 Å². The first kappa shape index (κ1) is 16.3. The van der Waals surface area contributed by atoms with Crippen LogP contribution in [0.3, 0.4) is 0 Å². The fourth-order valence-electron chi connectivity index (χ4n) is 2.03. The van der Waals surface area contributed by atoms with Gasteiger partial charge in [-0.25, -0.2) is 8.42 Å². The SMILES string of the molecule is Cc1ccc(NS(=O)(=O)c2c(C)cccc2[N+](=O)[O-])c(Cl)c1. The highest BCUT2D eigenvalue weighted by molar-refractivity contribution is 7.93. The summed E-state index contributed by atoms with van der Waals surface area (Å²) in [6, 6.07) is 8.89. The molecule has 0 radical (unpaired) electrons. The molecule has 2 aromatic rings. The number of nitrogens with zero attached hydrogens (tertiary/aromatic N) is 1. The number of hydrogen-bond acceptors (Lipinski definition) is 4. The molecule has 0 heterocycles. The molecule has 0 fully saturated rings. The van der Waals surface area contributed by atoms with E-state index in [1.807, 2.05) is 6.92 Å². The Bertz CT molecular complexity index is 850. The lowest BCUT2D eigenvalue weighted by atomic mass is 10.2. The Morgan fingerprint density at radius 3 is 2.45 bits per heavy atom. The third-order valence-electron chi connectivity index (χ3n) is 3.03. The van der Waals surface area contributed by atoms with E-state index in [1.54, 1.807) is 12.1 Å². The van der Waals surface area contributed by atoms with Gasteiger partial charge in [0.2, 0.25) is 0 Å². The smallest absolute Gasteiger partial charge is 0.278 e. The molecule has 0 aliphatic rings. The van der Waals surface area contributed by atoms with E-state index >= 15 is 0 Å². The Hall–Kier alpha value is -2.12. The minimum atomic E-state index is -4.13. The number of aryl methyl sites for hydroxylation is 2. The fourth-order valence-corrected chi connectivity index (χ4v) is 3.85. The van der Waals surface area contributed by atoms with Crippen LogP contribution >= 0.6 is 11.6 Å². The van der Waals surface area contributed by atoms with Crippen molar-refractivity contribution in [1.29, 1.82) is 0 Å². The highest BCUT2D eigenvalue weighted by atomic mass is 35.5. The Labute approximate surface area is 132 Å². The van der Waals surface area contributed by atoms with E-state index in [4.69, 9.17) is 11.6 Å². The predicted molar refractivity (Wildman–Crippen MR) is 84.8 cm³/mol. The lowest BCUT2D eigenvalue weighted by Crippen LogP contribution is -2.16. The van der Waals surface area contributed by atoms with Crippen molar-refractivity contribution >= 4 is 33.0 Å². The molecule has 116 valence electrons. The molecule has 1 N–H and O–H groups in total. The van der Waals surface area contributed by atoms with Gasteiger partial charge in [-0.3, -0.25) is 14.8 Å². The number of rotatable bonds is 4. The number of nitrogens with one attached hydrogen (secondary N) is 1. The van der Waals surface area contributed by atoms with Crippen LogP contribution < -0.4 is 4.72 Å². The molecule has 6 nitrogen and oxygen atoms in total. The zero-order valence-electron chi connectivity index (χ0n) is 11.8. The molecule has 0 aliphatic heterocycles. The zero-order chi connectivity index (χ0) is 16.5. The summed E-state index contributed by atoms with van der Waals surface area (Å²) >= 11 is 6.00. The van der Waals surface area contributed by atoms with Crippen LogP contribution in [-0.2, 0) is 10.0 Å². The summed E-state index contributed by atoms with van der Waals surface area (Å²) in [5.74, 6) is 0. The third-order valence-corrected chi connectivity index (χ3v) is 4.90. The first-order valence-electron chi connectivity index (χ1n) is 6.25. The predicted octanol–water partition coefficient (Wildman–Crippen LogP) is 3.67. The molecular formula is C14H13ClN2O4S. The number of nitro benzene ring substituents is 1. The molecule has 0 saturated carbocycles. The van der Waals surface area contributed by atoms with E-state index in [9.17, 15) is 18.5 Å². The number of hydrogen-bond donors (Lipinski definition) is 1. The zero-order valence-corrected chi connectivity index (χ0v) is 13.4. The van der Waals surface area contributed by atoms with Gasteiger partial charge < -0.3 is 0 Å². The number of halogens is 1. The van der Waals surface area contributed by atoms with Gasteiger partial charge in [-0.05, 0) is 37.1 Å². The summed E-state index contributed by atoms with van der Waals surface area (Å²) in [6.07, 6.45) is 0. The van der Waals surface area contributed by atoms with Gasteiger partial charge in [-0.2, -0.15) is 0 Å². The number of nitro groups is 1. The van der Waals surface area contributed by atoms with Crippen LogP contribution in [0.5, 0.6) is 0 Å². The molecule has 0 spiro atoms. The van der Waals surface area contributed by atoms with E-state index in [0.717, 1.165) is 11.6 Å². The van der Waals surface area contributed by atoms with Crippen molar-refractivity contribution in [3.63, 3.8) is 0 Å². The summed E-state index contributed by atoms with van der Waals surface area (Å²) < 4.78 is 27.3. The molecule has 2 aromatic carbocycles. The maximum Gasteiger partial charge on any atom is 0.290 e. The first-order valence-corrected chi connectivity index (χ1v) is 8.11. The summed E-state index contributed by atoms with van der Waals surface area (Å²) in [7, 11) is -4.13. The van der Waals surface area contributed by atoms with Gasteiger partial charge in [0.05, 0.1) is 15.6 Å². The van der Waals surface area contributed by atoms with Crippen molar-refractivity contribution in [1.82, 2.24) is 0 Å². The second kappa shape index (κ2) is 5.94. The maximum absolute atomic E-state index is 12.5. The van der Waals surface area contributed by atoms with Crippen LogP contribution in [0.2, 0.25) is 5.02 Å². The van der Waals surface area contributed by atoms with Gasteiger partial charge in [0.15, 0.2) is 4.90 Å². The van der Waals surface area contributed by atoms with Crippen LogP contribution in [0.25, 0.3) is 0 Å². The third kappa shape index (κ3) is 3.20. The van der Waals surface area contributed by atoms with Crippen LogP contribution in [-0.4, -0.2) is 13.3 Å². The summed E-state index contributed by atoms with van der Waals surface area (Å²) in [5.41, 5.74) is 0.848. The van der Waals surface area contributed by atoms with E-state index in [1.165, 1.54) is 25.1 Å². The Morgan fingerprint density at radius 2 is 1.86 bits per heavy atom. The quantitative estimate of drug-likeness (QED) is 0.679. The molecule has 0 aromatic heterocycles. The largest absolute Gasteiger partial charge is 0.290 e. The molecular weight excluding hydrogens is 328 g/mol. The molecule has 0 atom stereocenters. The van der Waals surface area contributed by atoms with Crippen LogP contribution in [0, 0.1) is 24.0 Å². The topological polar surface area (TPSA) is 89.3 Å². The average molecular weight is 341 g/mol. The van der Waals surface area contributed by atoms with Gasteiger partial charge in [-0.1, -0.05) is 29.8 Å². The second-order valence-corrected chi connectivity index (χ2v) is 6.80. The van der Waals surface area contributed by atoms with Gasteiger partial charge in [0, 0.05) is 6.07 Å². The lowest BCUT2D eigenvalue weighted by Gasteiger charge is -2.12. The summed E-state index contributed by atoms with van der Waals surface area (Å²) in [5, 5.41) is 11.3. The molecule has 0 aliphatic carbocycles. The Balaban J connectivity index is 2.54. The Morgan fingerprint density at radius 1 is 1.18 bits per heavy atom. The second-order valence-electron chi connectivity index (χ2n) is 4.77. The fraction of sp³-hybridized carbons (Fsp3) is 0.143. The van der Waals surface area contributed by atoms with Crippen molar-refractivity contribution in [2.45, 2.75) is 18.7 Å². The van der Waals surface area contributed by atoms with Gasteiger partial charge in [0.1, 0.15) is 0 Å². The Kier molecular flexibility index (Phi) is 4.39. The van der Waals surface area contributed by atoms with Crippen LogP contribution in [0.15, 0.2) is 41.3 Å². The summed E-state index contributed by atoms with van der Waals surface area (Å²) in [6.45, 7) is 3.31. The highest BCUT2D eigenvalue weighted by Crippen LogP contribution is 2.31. The number of sulfonamides is 1. The van der Waals surface area contributed by atoms with Gasteiger partial charge in [0.25, 0.3) is 15.7 Å². The van der Waals surface area contributed by atoms with Gasteiger partial charge >= 0.3 is 0 Å². The molecule has 0 saturated heterocycles. The van der Waals surface area contributed by atoms with Crippen LogP contribution in [0.1, 0.15) is 11.1 Å². The van der Waals surface area contributed by atoms with Crippen molar-refractivity contribution in [3.8, 4) is 0 Å². The standard InChI is InChI=1S/C14H13ClN2O4S/c1-9-6-7-12(11(15)8-9)16-22(20,21)14-10(2)4-3-5-13(14)17(18)19/h3-8,16H,1-2H3. The van der Waals surface area contributed by atoms with Crippen molar-refractivity contribution in [2.24, 2.45) is 0 Å². The van der Waals surface area contributed by atoms with Gasteiger partial charge in [-0.15, -0.1) is 0 Å². The van der Waals surface area contributed by atoms with E-state index in [-0.39, 0.29) is 21.2 Å². The minimum absolute atomic E-state index is 0.171. The van der Waals surface area contributed by atoms with E-state index < -0.39 is 20.6 Å². The lowest BCUT2D eigenvalue weighted by molar-refractivity contribution is -0.387. The molecule has 0 unspecified atom stereocenters. The number of anilines is 1. The van der Waals surface area contributed by atoms with Crippen molar-refractivity contribution in [2.75, 3.05) is 4.72 Å². The highest BCUT2D eigenvalue weighted by Gasteiger charge is 2.28. The maximum atomic E-state index is 12.5. The molecule has 2 rings (SSSR count).